The van der Waals surface area contributed by atoms with Crippen molar-refractivity contribution < 1.29 is 89.2 Å². The molecule has 0 aliphatic carbocycles. The van der Waals surface area contributed by atoms with E-state index in [2.05, 4.69) is 241 Å². The summed E-state index contributed by atoms with van der Waals surface area (Å²) in [5, 5.41) is 1.42. The first kappa shape index (κ1) is 100.0. The van der Waals surface area contributed by atoms with Crippen molar-refractivity contribution in [2.45, 2.75) is 150 Å². The van der Waals surface area contributed by atoms with Gasteiger partial charge < -0.3 is 76.4 Å². The van der Waals surface area contributed by atoms with Crippen molar-refractivity contribution in [1.29, 1.82) is 0 Å². The van der Waals surface area contributed by atoms with Gasteiger partial charge in [0.25, 0.3) is 0 Å². The number of nitrogens with zero attached hydrogens (tertiary/aromatic N) is 24. The average molecular weight is 2600 g/mol. The SMILES string of the molecule is CC(C)(C)c1cnc2n1CCc1cc(-c3ccccc3)n[c-]c1-2.C[Si](C)(C)c1cnc2n1CCc1cc(-c3ccccc3)n[c-]c1-2.Fc1cnc2n1CCc1cc(-c3ccccc3)n[c-]c1-2.Fc1cnc2n1CCc1nc(-c3ccccc3)c[c-]c1-2.[Ir].[Ir].[Ir].[Ir].[c-]1ccnc2c1-c1nccn1CC2.[c-]1nccc2c1-c1nccn1CC2.[c-]1nccc2c1-c1nccn1CC2.[c-]1nccc2c1-c1nccn1CC2. The number of rotatable bonds is 5. The Morgan fingerprint density at radius 1 is 0.303 bits per heavy atom. The van der Waals surface area contributed by atoms with Gasteiger partial charge in [-0.15, -0.1) is 94.0 Å². The molecule has 4 aromatic carbocycles. The van der Waals surface area contributed by atoms with Crippen molar-refractivity contribution in [3.63, 3.8) is 0 Å². The third-order valence-corrected chi connectivity index (χ3v) is 27.6. The molecule has 0 bridgehead atoms. The molecule has 0 atom stereocenters. The minimum atomic E-state index is -1.38. The molecule has 4 radical (unpaired) electrons. The third kappa shape index (κ3) is 21.2. The topological polar surface area (TPSA) is 246 Å². The second-order valence-corrected chi connectivity index (χ2v) is 41.5. The molecular formula is C111H94F2Ir4N24Si-8. The first-order valence-corrected chi connectivity index (χ1v) is 50.0. The Labute approximate surface area is 877 Å². The monoisotopic (exact) mass is 2600 g/mol. The molecule has 720 valence electrons. The van der Waals surface area contributed by atoms with E-state index in [4.69, 9.17) is 4.98 Å². The number of aryl methyl sites for hydroxylation is 12. The molecular weight excluding hydrogens is 2500 g/mol. The van der Waals surface area contributed by atoms with Crippen LogP contribution in [0.3, 0.4) is 0 Å². The average Bonchev–Trinajstić information content (AvgIpc) is 1.59. The number of imidazole rings is 8. The van der Waals surface area contributed by atoms with Crippen LogP contribution in [0.1, 0.15) is 71.2 Å². The van der Waals surface area contributed by atoms with Gasteiger partial charge in [0.05, 0.1) is 67.1 Å². The van der Waals surface area contributed by atoms with Gasteiger partial charge in [-0.1, -0.05) is 231 Å². The van der Waals surface area contributed by atoms with Crippen molar-refractivity contribution in [2.24, 2.45) is 0 Å². The van der Waals surface area contributed by atoms with Gasteiger partial charge in [-0.05, 0) is 145 Å². The molecule has 0 amide bonds. The number of benzene rings is 4. The Kier molecular flexibility index (Phi) is 31.2. The molecule has 142 heavy (non-hydrogen) atoms. The standard InChI is InChI=1S/C20H20N3.C19H20N3Si.2C16H11FN3.4C10H8N3.4Ir/c1-20(2,3)18-13-22-19-16-12-21-17(14-7-5-4-6-8-14)11-15(16)9-10-23(18)19;1-23(2,3)18-13-21-19-16-12-20-17(14-7-5-4-6-8-14)11-15(16)9-10-22(18)19;17-15-10-19-16-13-9-18-14(11-4-2-1-3-5-11)8-12(13)6-7-20(15)16;17-15-10-18-16-12-6-7-13(11-4-2-1-3-5-11)19-14(12)8-9-20(15)16;3*1-3-11-7-9-8(1)2-5-13-6-4-12-10(9)13;1-2-8-9(11-4-1)3-6-13-7-5-12-10(8)13;;;;/h2*4-8,11,13H,9-10H2,1-3H3;1-5,8,10H,6-7H2;1-5,7,10H,8-9H2;3*1,3-4,6H,2,5H2;1,4-5,7H,3,6H2;;;;/q8*-1;;;;. The van der Waals surface area contributed by atoms with E-state index >= 15 is 0 Å². The first-order chi connectivity index (χ1) is 67.5. The summed E-state index contributed by atoms with van der Waals surface area (Å²) in [7, 11) is -1.38. The second-order valence-electron chi connectivity index (χ2n) is 36.4. The van der Waals surface area contributed by atoms with Gasteiger partial charge in [0.2, 0.25) is 11.9 Å². The van der Waals surface area contributed by atoms with Crippen LogP contribution in [-0.4, -0.2) is 124 Å². The van der Waals surface area contributed by atoms with Gasteiger partial charge in [-0.2, -0.15) is 8.78 Å². The molecule has 0 fully saturated rings. The Morgan fingerprint density at radius 3 is 1.07 bits per heavy atom. The second kappa shape index (κ2) is 44.3. The largest absolute Gasteiger partial charge is 0.372 e. The normalized spacial score (nSPS) is 13.0. The Balaban J connectivity index is 0.000000112. The number of pyridine rings is 8. The summed E-state index contributed by atoms with van der Waals surface area (Å²) < 4.78 is 43.5. The molecule has 31 heteroatoms. The molecule has 0 unspecified atom stereocenters. The van der Waals surface area contributed by atoms with Crippen LogP contribution in [-0.2, 0) is 190 Å². The fourth-order valence-electron chi connectivity index (χ4n) is 18.6. The van der Waals surface area contributed by atoms with Gasteiger partial charge in [-0.3, -0.25) is 39.9 Å². The summed E-state index contributed by atoms with van der Waals surface area (Å²) in [6, 6.07) is 63.2. The van der Waals surface area contributed by atoms with E-state index in [0.29, 0.717) is 31.2 Å². The van der Waals surface area contributed by atoms with E-state index in [1.807, 2.05) is 183 Å². The third-order valence-electron chi connectivity index (χ3n) is 25.7. The van der Waals surface area contributed by atoms with Crippen LogP contribution >= 0.6 is 0 Å². The van der Waals surface area contributed by atoms with Crippen molar-refractivity contribution in [1.82, 2.24) is 116 Å². The maximum Gasteiger partial charge on any atom is 0.204 e. The van der Waals surface area contributed by atoms with E-state index in [1.54, 1.807) is 33.9 Å². The van der Waals surface area contributed by atoms with E-state index in [-0.39, 0.29) is 97.7 Å². The minimum Gasteiger partial charge on any atom is -0.372 e. The molecule has 0 N–H and O–H groups in total. The van der Waals surface area contributed by atoms with Gasteiger partial charge >= 0.3 is 0 Å². The number of aromatic nitrogens is 24. The summed E-state index contributed by atoms with van der Waals surface area (Å²) in [6.45, 7) is 21.0. The molecule has 24 heterocycles. The van der Waals surface area contributed by atoms with E-state index in [1.165, 1.54) is 51.2 Å². The molecule has 8 aliphatic heterocycles. The predicted octanol–water partition coefficient (Wildman–Crippen LogP) is 19.2. The zero-order chi connectivity index (χ0) is 93.8. The fraction of sp³-hybridized carbons (Fsp3) is 0.207. The fourth-order valence-corrected chi connectivity index (χ4v) is 20.1. The molecule has 24 nitrogen and oxygen atoms in total. The van der Waals surface area contributed by atoms with Crippen LogP contribution in [0.15, 0.2) is 269 Å². The molecule has 16 aromatic heterocycles. The molecule has 20 aromatic rings. The zero-order valence-corrected chi connectivity index (χ0v) is 89.1. The quantitative estimate of drug-likeness (QED) is 0.115. The Hall–Kier alpha value is -13.6. The van der Waals surface area contributed by atoms with E-state index in [9.17, 15) is 8.78 Å². The number of halogens is 2. The molecule has 28 rings (SSSR count). The summed E-state index contributed by atoms with van der Waals surface area (Å²) in [5.41, 5.74) is 27.2. The van der Waals surface area contributed by atoms with Gasteiger partial charge in [0, 0.05) is 211 Å². The maximum absolute atomic E-state index is 13.5. The summed E-state index contributed by atoms with van der Waals surface area (Å²) in [4.78, 5) is 69.2. The van der Waals surface area contributed by atoms with Crippen LogP contribution in [0.2, 0.25) is 19.6 Å². The van der Waals surface area contributed by atoms with Crippen LogP contribution in [0, 0.1) is 61.2 Å². The van der Waals surface area contributed by atoms with E-state index in [0.717, 1.165) is 226 Å². The van der Waals surface area contributed by atoms with Crippen LogP contribution in [0.4, 0.5) is 8.78 Å². The van der Waals surface area contributed by atoms with Gasteiger partial charge in [0.15, 0.2) is 0 Å². The van der Waals surface area contributed by atoms with E-state index < -0.39 is 8.07 Å². The minimum absolute atomic E-state index is 0. The maximum atomic E-state index is 13.5. The number of hydrogen-bond acceptors (Lipinski definition) is 16. The smallest absolute Gasteiger partial charge is 0.204 e. The number of fused-ring (bicyclic) bond motifs is 24. The Bertz CT molecular complexity index is 7140. The first-order valence-electron chi connectivity index (χ1n) is 46.5. The van der Waals surface area contributed by atoms with Crippen molar-refractivity contribution >= 4 is 13.4 Å². The van der Waals surface area contributed by atoms with Crippen LogP contribution in [0.25, 0.3) is 136 Å². The molecule has 0 spiro atoms. The van der Waals surface area contributed by atoms with Crippen molar-refractivity contribution in [3.8, 4) is 136 Å². The van der Waals surface area contributed by atoms with Crippen molar-refractivity contribution in [2.75, 3.05) is 0 Å². The number of hydrogen-bond donors (Lipinski definition) is 0. The zero-order valence-electron chi connectivity index (χ0n) is 78.5. The molecule has 8 aliphatic rings. The summed E-state index contributed by atoms with van der Waals surface area (Å²) in [6.07, 6.45) is 55.2. The predicted molar refractivity (Wildman–Crippen MR) is 527 cm³/mol. The molecule has 0 saturated carbocycles. The summed E-state index contributed by atoms with van der Waals surface area (Å²) >= 11 is 0. The Morgan fingerprint density at radius 2 is 0.641 bits per heavy atom. The van der Waals surface area contributed by atoms with Crippen LogP contribution in [0.5, 0.6) is 0 Å². The molecule has 0 saturated heterocycles. The summed E-state index contributed by atoms with van der Waals surface area (Å²) in [5.74, 6) is 6.66. The van der Waals surface area contributed by atoms with Gasteiger partial charge in [-0.25, -0.2) is 0 Å². The van der Waals surface area contributed by atoms with Crippen LogP contribution < -0.4 is 5.32 Å². The van der Waals surface area contributed by atoms with Gasteiger partial charge in [0.1, 0.15) is 0 Å². The van der Waals surface area contributed by atoms with Crippen molar-refractivity contribution in [3.05, 3.63) is 381 Å².